The Balaban J connectivity index is 2.06. The minimum Gasteiger partial charge on any atom is -0.375 e. The highest BCUT2D eigenvalue weighted by molar-refractivity contribution is 8.13. The van der Waals surface area contributed by atoms with Crippen LogP contribution in [0, 0.1) is 0 Å². The number of hydrogen-bond donors (Lipinski definition) is 0. The first kappa shape index (κ1) is 27.0. The van der Waals surface area contributed by atoms with Crippen molar-refractivity contribution >= 4 is 43.2 Å². The largest absolute Gasteiger partial charge is 0.375 e. The fourth-order valence-electron chi connectivity index (χ4n) is 2.98. The Labute approximate surface area is 201 Å². The molecule has 0 bridgehead atoms. The lowest BCUT2D eigenvalue weighted by atomic mass is 10.2. The second-order valence-electron chi connectivity index (χ2n) is 7.60. The molecule has 0 amide bonds. The summed E-state index contributed by atoms with van der Waals surface area (Å²) in [5.41, 5.74) is 2.34. The average Bonchev–Trinajstić information content (AvgIpc) is 2.67. The molecule has 6 nitrogen and oxygen atoms in total. The van der Waals surface area contributed by atoms with E-state index in [9.17, 15) is 16.8 Å². The predicted molar refractivity (Wildman–Crippen MR) is 137 cm³/mol. The van der Waals surface area contributed by atoms with Gasteiger partial charge in [-0.3, -0.25) is 0 Å². The first-order valence-corrected chi connectivity index (χ1v) is 16.2. The summed E-state index contributed by atoms with van der Waals surface area (Å²) >= 11 is 3.68. The van der Waals surface area contributed by atoms with Crippen LogP contribution in [-0.2, 0) is 31.0 Å². The van der Waals surface area contributed by atoms with Crippen molar-refractivity contribution in [2.45, 2.75) is 12.6 Å². The summed E-state index contributed by atoms with van der Waals surface area (Å²) in [4.78, 5) is 1.99. The summed E-state index contributed by atoms with van der Waals surface area (Å²) in [6, 6.07) is 9.86. The van der Waals surface area contributed by atoms with Crippen LogP contribution in [0.2, 0.25) is 0 Å². The van der Waals surface area contributed by atoms with Gasteiger partial charge in [0.1, 0.15) is 0 Å². The third kappa shape index (κ3) is 10.2. The molecule has 10 heteroatoms. The Kier molecular flexibility index (Phi) is 10.9. The third-order valence-electron chi connectivity index (χ3n) is 4.44. The maximum absolute atomic E-state index is 11.8. The van der Waals surface area contributed by atoms with Crippen molar-refractivity contribution in [3.8, 4) is 0 Å². The Hall–Kier alpha value is -1.20. The highest BCUT2D eigenvalue weighted by atomic mass is 32.3. The smallest absolute Gasteiger partial charge is 0.186 e. The molecule has 1 aliphatic heterocycles. The molecule has 0 unspecified atom stereocenters. The van der Waals surface area contributed by atoms with Gasteiger partial charge in [0.15, 0.2) is 23.9 Å². The van der Waals surface area contributed by atoms with Crippen LogP contribution < -0.4 is 0 Å². The quantitative estimate of drug-likeness (QED) is 0.345. The summed E-state index contributed by atoms with van der Waals surface area (Å²) < 4.78 is 52.9. The number of benzene rings is 1. The van der Waals surface area contributed by atoms with Crippen molar-refractivity contribution in [1.29, 1.82) is 0 Å². The van der Waals surface area contributed by atoms with Crippen molar-refractivity contribution < 1.29 is 21.6 Å². The van der Waals surface area contributed by atoms with E-state index in [0.717, 1.165) is 47.2 Å². The lowest BCUT2D eigenvalue weighted by molar-refractivity contribution is 0.0716. The Bertz CT molecular complexity index is 972. The van der Waals surface area contributed by atoms with Gasteiger partial charge in [0, 0.05) is 48.6 Å². The molecule has 0 spiro atoms. The van der Waals surface area contributed by atoms with E-state index in [1.807, 2.05) is 58.8 Å². The standard InChI is InChI=1S/C22H31NO5S4/c1-19-15-29-17-21(18-30-16-19)28-13-12-23(14-20-8-5-4-6-9-20)11-7-10-22(31(2,24)25)32(3,26)27/h4-11,21H,1,12-18H2,2-3H3/b11-7+. The fraction of sp³-hybridized carbons (Fsp3) is 0.455. The lowest BCUT2D eigenvalue weighted by Crippen LogP contribution is -2.27. The van der Waals surface area contributed by atoms with Crippen LogP contribution in [0.4, 0.5) is 0 Å². The normalized spacial score (nSPS) is 16.5. The molecule has 0 radical (unpaired) electrons. The van der Waals surface area contributed by atoms with Gasteiger partial charge < -0.3 is 9.64 Å². The maximum atomic E-state index is 11.8. The lowest BCUT2D eigenvalue weighted by Gasteiger charge is -2.24. The topological polar surface area (TPSA) is 80.8 Å². The van der Waals surface area contributed by atoms with Crippen LogP contribution in [-0.4, -0.2) is 76.5 Å². The van der Waals surface area contributed by atoms with E-state index in [0.29, 0.717) is 19.7 Å². The van der Waals surface area contributed by atoms with Gasteiger partial charge in [0.2, 0.25) is 0 Å². The molecule has 1 saturated heterocycles. The molecule has 1 aromatic carbocycles. The molecule has 2 rings (SSSR count). The van der Waals surface area contributed by atoms with Gasteiger partial charge in [-0.25, -0.2) is 16.8 Å². The zero-order valence-corrected chi connectivity index (χ0v) is 21.7. The van der Waals surface area contributed by atoms with E-state index in [2.05, 4.69) is 6.58 Å². The molecular formula is C22H31NO5S4. The number of hydrogen-bond acceptors (Lipinski definition) is 8. The molecule has 0 saturated carbocycles. The van der Waals surface area contributed by atoms with Crippen molar-refractivity contribution in [2.75, 3.05) is 48.7 Å². The fourth-order valence-corrected chi connectivity index (χ4v) is 8.08. The summed E-state index contributed by atoms with van der Waals surface area (Å²) in [6.45, 7) is 5.75. The molecule has 1 fully saturated rings. The second-order valence-corrected chi connectivity index (χ2v) is 13.9. The number of rotatable bonds is 10. The molecule has 1 heterocycles. The number of allylic oxidation sites excluding steroid dienone is 2. The number of ether oxygens (including phenoxy) is 1. The summed E-state index contributed by atoms with van der Waals surface area (Å²) in [6.07, 6.45) is 6.26. The molecule has 0 aliphatic carbocycles. The van der Waals surface area contributed by atoms with Gasteiger partial charge in [-0.05, 0) is 23.9 Å². The van der Waals surface area contributed by atoms with E-state index in [-0.39, 0.29) is 6.10 Å². The molecule has 32 heavy (non-hydrogen) atoms. The number of thioether (sulfide) groups is 2. The summed E-state index contributed by atoms with van der Waals surface area (Å²) in [5, 5.41) is 0. The second kappa shape index (κ2) is 12.9. The van der Waals surface area contributed by atoms with Gasteiger partial charge in [-0.2, -0.15) is 23.5 Å². The zero-order valence-electron chi connectivity index (χ0n) is 18.5. The van der Waals surface area contributed by atoms with E-state index < -0.39 is 23.9 Å². The first-order valence-electron chi connectivity index (χ1n) is 10.1. The van der Waals surface area contributed by atoms with Crippen LogP contribution in [0.1, 0.15) is 5.56 Å². The number of nitrogens with zero attached hydrogens (tertiary/aromatic N) is 1. The van der Waals surface area contributed by atoms with E-state index in [1.165, 1.54) is 11.6 Å². The molecule has 0 aromatic heterocycles. The summed E-state index contributed by atoms with van der Waals surface area (Å²) in [7, 11) is -7.71. The molecule has 0 atom stereocenters. The van der Waals surface area contributed by atoms with E-state index >= 15 is 0 Å². The monoisotopic (exact) mass is 517 g/mol. The zero-order chi connectivity index (χ0) is 23.6. The van der Waals surface area contributed by atoms with Crippen molar-refractivity contribution in [3.63, 3.8) is 0 Å². The van der Waals surface area contributed by atoms with E-state index in [4.69, 9.17) is 4.74 Å². The maximum Gasteiger partial charge on any atom is 0.186 e. The van der Waals surface area contributed by atoms with Crippen LogP contribution in [0.5, 0.6) is 0 Å². The SMILES string of the molecule is C=C1CSCC(OCCN(/C=C/C=C(S(C)(=O)=O)S(C)(=O)=O)Cc2ccccc2)CSC1. The minimum atomic E-state index is -3.85. The minimum absolute atomic E-state index is 0.169. The Morgan fingerprint density at radius 1 is 1.09 bits per heavy atom. The molecule has 1 aromatic rings. The number of sulfone groups is 2. The van der Waals surface area contributed by atoms with Gasteiger partial charge in [-0.15, -0.1) is 0 Å². The average molecular weight is 518 g/mol. The van der Waals surface area contributed by atoms with Crippen LogP contribution >= 0.6 is 23.5 Å². The highest BCUT2D eigenvalue weighted by Gasteiger charge is 2.21. The predicted octanol–water partition coefficient (Wildman–Crippen LogP) is 3.35. The van der Waals surface area contributed by atoms with Gasteiger partial charge in [0.25, 0.3) is 0 Å². The third-order valence-corrected chi connectivity index (χ3v) is 10.4. The van der Waals surface area contributed by atoms with Crippen LogP contribution in [0.15, 0.2) is 65.1 Å². The highest BCUT2D eigenvalue weighted by Crippen LogP contribution is 2.21. The molecule has 0 N–H and O–H groups in total. The van der Waals surface area contributed by atoms with Crippen molar-refractivity contribution in [1.82, 2.24) is 4.90 Å². The first-order chi connectivity index (χ1) is 15.1. The Morgan fingerprint density at radius 2 is 1.69 bits per heavy atom. The summed E-state index contributed by atoms with van der Waals surface area (Å²) in [5.74, 6) is 3.78. The molecule has 1 aliphatic rings. The molecule has 178 valence electrons. The van der Waals surface area contributed by atoms with Crippen molar-refractivity contribution in [2.24, 2.45) is 0 Å². The van der Waals surface area contributed by atoms with Crippen LogP contribution in [0.3, 0.4) is 0 Å². The van der Waals surface area contributed by atoms with Crippen LogP contribution in [0.25, 0.3) is 0 Å². The van der Waals surface area contributed by atoms with Gasteiger partial charge >= 0.3 is 0 Å². The van der Waals surface area contributed by atoms with Gasteiger partial charge in [-0.1, -0.05) is 42.5 Å². The Morgan fingerprint density at radius 3 is 2.25 bits per heavy atom. The van der Waals surface area contributed by atoms with E-state index in [1.54, 1.807) is 6.20 Å². The van der Waals surface area contributed by atoms with Crippen molar-refractivity contribution in [3.05, 3.63) is 70.6 Å². The van der Waals surface area contributed by atoms with Gasteiger partial charge in [0.05, 0.1) is 12.7 Å². The molecular weight excluding hydrogens is 487 g/mol.